The van der Waals surface area contributed by atoms with Crippen LogP contribution in [0, 0.1) is 0 Å². The van der Waals surface area contributed by atoms with Gasteiger partial charge in [0.05, 0.1) is 6.20 Å². The van der Waals surface area contributed by atoms with Crippen LogP contribution in [-0.4, -0.2) is 34.2 Å². The van der Waals surface area contributed by atoms with E-state index in [4.69, 9.17) is 0 Å². The summed E-state index contributed by atoms with van der Waals surface area (Å²) < 4.78 is 1.76. The van der Waals surface area contributed by atoms with Gasteiger partial charge in [0.2, 0.25) is 0 Å². The lowest BCUT2D eigenvalue weighted by Crippen LogP contribution is -2.21. The molecule has 3 rings (SSSR count). The second-order valence-corrected chi connectivity index (χ2v) is 4.44. The van der Waals surface area contributed by atoms with Crippen molar-refractivity contribution >= 4 is 11.5 Å². The average Bonchev–Trinajstić information content (AvgIpc) is 2.87. The molecule has 94 valence electrons. The van der Waals surface area contributed by atoms with Gasteiger partial charge in [-0.2, -0.15) is 5.10 Å². The molecule has 0 amide bonds. The van der Waals surface area contributed by atoms with Gasteiger partial charge in [-0.1, -0.05) is 11.6 Å². The smallest absolute Gasteiger partial charge is 0.157 e. The van der Waals surface area contributed by atoms with Crippen LogP contribution in [0.15, 0.2) is 36.2 Å². The Morgan fingerprint density at radius 2 is 2.39 bits per heavy atom. The van der Waals surface area contributed by atoms with E-state index in [0.717, 1.165) is 43.9 Å². The minimum Gasteiger partial charge on any atom is -0.370 e. The van der Waals surface area contributed by atoms with Crippen molar-refractivity contribution in [1.29, 1.82) is 0 Å². The van der Waals surface area contributed by atoms with Crippen molar-refractivity contribution in [3.63, 3.8) is 0 Å². The lowest BCUT2D eigenvalue weighted by Gasteiger charge is -2.14. The molecule has 3 heterocycles. The third-order valence-corrected chi connectivity index (χ3v) is 3.17. The van der Waals surface area contributed by atoms with E-state index in [1.165, 1.54) is 5.57 Å². The van der Waals surface area contributed by atoms with E-state index in [0.29, 0.717) is 0 Å². The Labute approximate surface area is 106 Å². The zero-order valence-electron chi connectivity index (χ0n) is 10.3. The highest BCUT2D eigenvalue weighted by atomic mass is 15.2. The summed E-state index contributed by atoms with van der Waals surface area (Å²) in [7, 11) is 0. The van der Waals surface area contributed by atoms with Gasteiger partial charge in [0.1, 0.15) is 5.82 Å². The summed E-state index contributed by atoms with van der Waals surface area (Å²) in [5.41, 5.74) is 2.41. The van der Waals surface area contributed by atoms with Gasteiger partial charge < -0.3 is 10.6 Å². The highest BCUT2D eigenvalue weighted by Crippen LogP contribution is 2.10. The van der Waals surface area contributed by atoms with Crippen molar-refractivity contribution in [3.05, 3.63) is 36.2 Å². The molecule has 0 radical (unpaired) electrons. The van der Waals surface area contributed by atoms with E-state index in [-0.39, 0.29) is 0 Å². The van der Waals surface area contributed by atoms with Crippen LogP contribution in [0.3, 0.4) is 0 Å². The van der Waals surface area contributed by atoms with E-state index in [9.17, 15) is 0 Å². The van der Waals surface area contributed by atoms with Crippen LogP contribution in [0.25, 0.3) is 5.65 Å². The molecule has 0 atom stereocenters. The highest BCUT2D eigenvalue weighted by Gasteiger charge is 2.03. The van der Waals surface area contributed by atoms with Crippen LogP contribution >= 0.6 is 0 Å². The summed E-state index contributed by atoms with van der Waals surface area (Å²) in [5.74, 6) is 0.914. The van der Waals surface area contributed by atoms with Gasteiger partial charge in [0.15, 0.2) is 5.65 Å². The Balaban J connectivity index is 1.57. The van der Waals surface area contributed by atoms with Gasteiger partial charge in [-0.05, 0) is 25.5 Å². The second-order valence-electron chi connectivity index (χ2n) is 4.44. The molecule has 2 N–H and O–H groups in total. The monoisotopic (exact) mass is 243 g/mol. The van der Waals surface area contributed by atoms with Crippen molar-refractivity contribution in [3.8, 4) is 0 Å². The SMILES string of the molecule is C1=C(CCNc2ccn3nccc3n2)CCNC1. The number of fused-ring (bicyclic) bond motifs is 1. The van der Waals surface area contributed by atoms with Crippen molar-refractivity contribution in [1.82, 2.24) is 19.9 Å². The number of nitrogens with one attached hydrogen (secondary N) is 2. The first-order chi connectivity index (χ1) is 8.92. The van der Waals surface area contributed by atoms with Gasteiger partial charge in [-0.15, -0.1) is 0 Å². The average molecular weight is 243 g/mol. The molecule has 0 unspecified atom stereocenters. The lowest BCUT2D eigenvalue weighted by molar-refractivity contribution is 0.683. The third kappa shape index (κ3) is 2.51. The molecule has 0 aliphatic carbocycles. The minimum atomic E-state index is 0.876. The molecule has 0 spiro atoms. The minimum absolute atomic E-state index is 0.876. The molecular weight excluding hydrogens is 226 g/mol. The van der Waals surface area contributed by atoms with Crippen molar-refractivity contribution in [2.75, 3.05) is 25.0 Å². The topological polar surface area (TPSA) is 54.2 Å². The fourth-order valence-electron chi connectivity index (χ4n) is 2.16. The van der Waals surface area contributed by atoms with Crippen LogP contribution in [-0.2, 0) is 0 Å². The number of hydrogen-bond acceptors (Lipinski definition) is 4. The molecule has 0 aromatic carbocycles. The van der Waals surface area contributed by atoms with Crippen LogP contribution in [0.1, 0.15) is 12.8 Å². The maximum atomic E-state index is 4.48. The summed E-state index contributed by atoms with van der Waals surface area (Å²) in [6.45, 7) is 3.05. The fourth-order valence-corrected chi connectivity index (χ4v) is 2.16. The van der Waals surface area contributed by atoms with Crippen molar-refractivity contribution < 1.29 is 0 Å². The first kappa shape index (κ1) is 11.2. The molecule has 0 bridgehead atoms. The zero-order valence-corrected chi connectivity index (χ0v) is 10.3. The molecule has 0 fully saturated rings. The molecule has 0 saturated carbocycles. The molecule has 2 aromatic heterocycles. The Hall–Kier alpha value is -1.88. The summed E-state index contributed by atoms with van der Waals surface area (Å²) >= 11 is 0. The van der Waals surface area contributed by atoms with Crippen LogP contribution in [0.5, 0.6) is 0 Å². The standard InChI is InChI=1S/C13H17N5/c1-6-14-7-2-11(1)3-8-15-12-5-10-18-13(17-12)4-9-16-18/h1,4-5,9-10,14H,2-3,6-8H2,(H,15,17). The third-order valence-electron chi connectivity index (χ3n) is 3.17. The number of anilines is 1. The summed E-state index contributed by atoms with van der Waals surface area (Å²) in [5, 5.41) is 10.8. The molecule has 5 nitrogen and oxygen atoms in total. The Morgan fingerprint density at radius 1 is 1.39 bits per heavy atom. The number of rotatable bonds is 4. The van der Waals surface area contributed by atoms with Gasteiger partial charge in [0, 0.05) is 25.4 Å². The maximum Gasteiger partial charge on any atom is 0.157 e. The quantitative estimate of drug-likeness (QED) is 0.798. The Bertz CT molecular complexity index is 557. The van der Waals surface area contributed by atoms with Crippen LogP contribution in [0.4, 0.5) is 5.82 Å². The molecule has 18 heavy (non-hydrogen) atoms. The Kier molecular flexibility index (Phi) is 3.23. The molecule has 0 saturated heterocycles. The molecule has 1 aliphatic heterocycles. The van der Waals surface area contributed by atoms with Gasteiger partial charge in [0.25, 0.3) is 0 Å². The summed E-state index contributed by atoms with van der Waals surface area (Å²) in [6, 6.07) is 3.86. The van der Waals surface area contributed by atoms with Crippen LogP contribution in [0.2, 0.25) is 0 Å². The van der Waals surface area contributed by atoms with E-state index in [1.807, 2.05) is 18.3 Å². The number of hydrogen-bond donors (Lipinski definition) is 2. The van der Waals surface area contributed by atoms with Gasteiger partial charge >= 0.3 is 0 Å². The maximum absolute atomic E-state index is 4.48. The number of aromatic nitrogens is 3. The van der Waals surface area contributed by atoms with E-state index in [2.05, 4.69) is 26.8 Å². The predicted octanol–water partition coefficient (Wildman–Crippen LogP) is 1.45. The normalized spacial score (nSPS) is 15.7. The number of nitrogens with zero attached hydrogens (tertiary/aromatic N) is 3. The summed E-state index contributed by atoms with van der Waals surface area (Å²) in [4.78, 5) is 4.48. The fraction of sp³-hybridized carbons (Fsp3) is 0.385. The molecule has 2 aromatic rings. The van der Waals surface area contributed by atoms with E-state index in [1.54, 1.807) is 10.7 Å². The first-order valence-electron chi connectivity index (χ1n) is 6.35. The zero-order chi connectivity index (χ0) is 12.2. The van der Waals surface area contributed by atoms with Crippen LogP contribution < -0.4 is 10.6 Å². The van der Waals surface area contributed by atoms with Crippen molar-refractivity contribution in [2.45, 2.75) is 12.8 Å². The lowest BCUT2D eigenvalue weighted by atomic mass is 10.1. The Morgan fingerprint density at radius 3 is 3.28 bits per heavy atom. The molecule has 5 heteroatoms. The van der Waals surface area contributed by atoms with Gasteiger partial charge in [-0.3, -0.25) is 0 Å². The molecule has 1 aliphatic rings. The molecular formula is C13H17N5. The summed E-state index contributed by atoms with van der Waals surface area (Å²) in [6.07, 6.45) is 8.23. The van der Waals surface area contributed by atoms with E-state index < -0.39 is 0 Å². The van der Waals surface area contributed by atoms with E-state index >= 15 is 0 Å². The largest absolute Gasteiger partial charge is 0.370 e. The first-order valence-corrected chi connectivity index (χ1v) is 6.35. The van der Waals surface area contributed by atoms with Crippen molar-refractivity contribution in [2.24, 2.45) is 0 Å². The predicted molar refractivity (Wildman–Crippen MR) is 71.7 cm³/mol. The second kappa shape index (κ2) is 5.18. The highest BCUT2D eigenvalue weighted by molar-refractivity contribution is 5.45. The van der Waals surface area contributed by atoms with Gasteiger partial charge in [-0.25, -0.2) is 9.50 Å².